The lowest BCUT2D eigenvalue weighted by molar-refractivity contribution is -0.192. The van der Waals surface area contributed by atoms with E-state index in [0.29, 0.717) is 23.7 Å². The first-order valence-corrected chi connectivity index (χ1v) is 9.25. The number of pyridine rings is 1. The minimum Gasteiger partial charge on any atom is -0.475 e. The van der Waals surface area contributed by atoms with Gasteiger partial charge in [0.1, 0.15) is 0 Å². The molecule has 2 aromatic rings. The fourth-order valence-electron chi connectivity index (χ4n) is 3.75. The molecule has 1 N–H and O–H groups in total. The van der Waals surface area contributed by atoms with E-state index in [4.69, 9.17) is 14.6 Å². The number of rotatable bonds is 1. The maximum atomic E-state index is 12.8. The van der Waals surface area contributed by atoms with Gasteiger partial charge in [-0.1, -0.05) is 18.2 Å². The summed E-state index contributed by atoms with van der Waals surface area (Å²) < 4.78 is 37.6. The van der Waals surface area contributed by atoms with Gasteiger partial charge in [0.05, 0.1) is 23.3 Å². The van der Waals surface area contributed by atoms with E-state index in [-0.39, 0.29) is 5.91 Å². The van der Waals surface area contributed by atoms with Crippen molar-refractivity contribution in [3.63, 3.8) is 0 Å². The lowest BCUT2D eigenvalue weighted by atomic mass is 9.92. The number of carbonyl (C=O) groups excluding carboxylic acids is 1. The number of halogens is 3. The molecule has 0 aliphatic carbocycles. The van der Waals surface area contributed by atoms with E-state index >= 15 is 0 Å². The molecule has 6 nitrogen and oxygen atoms in total. The van der Waals surface area contributed by atoms with Gasteiger partial charge in [0.25, 0.3) is 5.91 Å². The Bertz CT molecular complexity index is 903. The summed E-state index contributed by atoms with van der Waals surface area (Å²) in [6.07, 6.45) is -0.711. The molecule has 3 atom stereocenters. The van der Waals surface area contributed by atoms with Crippen LogP contribution < -0.4 is 0 Å². The van der Waals surface area contributed by atoms with Gasteiger partial charge >= 0.3 is 12.1 Å². The summed E-state index contributed by atoms with van der Waals surface area (Å²) in [6, 6.07) is 9.85. The summed E-state index contributed by atoms with van der Waals surface area (Å²) in [4.78, 5) is 28.0. The Labute approximate surface area is 165 Å². The Morgan fingerprint density at radius 1 is 1.28 bits per heavy atom. The smallest absolute Gasteiger partial charge is 0.475 e. The zero-order valence-corrected chi connectivity index (χ0v) is 15.7. The molecule has 2 aliphatic rings. The largest absolute Gasteiger partial charge is 0.490 e. The van der Waals surface area contributed by atoms with Crippen LogP contribution in [0.3, 0.4) is 0 Å². The molecular formula is C20H21F3N2O4. The molecule has 2 saturated heterocycles. The second kappa shape index (κ2) is 8.36. The van der Waals surface area contributed by atoms with Crippen LogP contribution in [0, 0.1) is 5.92 Å². The summed E-state index contributed by atoms with van der Waals surface area (Å²) >= 11 is 0. The number of fused-ring (bicyclic) bond motifs is 2. The van der Waals surface area contributed by atoms with Crippen molar-refractivity contribution in [2.24, 2.45) is 5.92 Å². The highest BCUT2D eigenvalue weighted by molar-refractivity contribution is 5.97. The third-order valence-electron chi connectivity index (χ3n) is 5.07. The number of carbonyl (C=O) groups is 2. The molecule has 0 spiro atoms. The van der Waals surface area contributed by atoms with Crippen molar-refractivity contribution in [2.45, 2.75) is 38.1 Å². The van der Waals surface area contributed by atoms with Crippen molar-refractivity contribution in [3.8, 4) is 0 Å². The molecule has 29 heavy (non-hydrogen) atoms. The van der Waals surface area contributed by atoms with Crippen molar-refractivity contribution < 1.29 is 32.6 Å². The van der Waals surface area contributed by atoms with Crippen molar-refractivity contribution >= 4 is 22.8 Å². The topological polar surface area (TPSA) is 79.7 Å². The highest BCUT2D eigenvalue weighted by Crippen LogP contribution is 2.33. The molecule has 0 saturated carbocycles. The quantitative estimate of drug-likeness (QED) is 0.778. The van der Waals surface area contributed by atoms with Crippen molar-refractivity contribution in [3.05, 3.63) is 42.1 Å². The Morgan fingerprint density at radius 3 is 2.66 bits per heavy atom. The number of carboxylic acid groups (broad SMARTS) is 1. The Balaban J connectivity index is 0.000000298. The van der Waals surface area contributed by atoms with Crippen LogP contribution in [0.4, 0.5) is 13.2 Å². The van der Waals surface area contributed by atoms with Gasteiger partial charge in [-0.15, -0.1) is 0 Å². The summed E-state index contributed by atoms with van der Waals surface area (Å²) in [7, 11) is 0. The number of hydrogen-bond acceptors (Lipinski definition) is 4. The van der Waals surface area contributed by atoms with Gasteiger partial charge in [0, 0.05) is 30.6 Å². The molecule has 4 rings (SSSR count). The van der Waals surface area contributed by atoms with Gasteiger partial charge in [-0.05, 0) is 31.9 Å². The van der Waals surface area contributed by atoms with E-state index in [2.05, 4.69) is 11.9 Å². The first kappa shape index (κ1) is 21.0. The van der Waals surface area contributed by atoms with Crippen LogP contribution in [0.5, 0.6) is 0 Å². The van der Waals surface area contributed by atoms with Gasteiger partial charge in [-0.2, -0.15) is 13.2 Å². The fraction of sp³-hybridized carbons (Fsp3) is 0.450. The van der Waals surface area contributed by atoms with E-state index in [0.717, 1.165) is 36.8 Å². The van der Waals surface area contributed by atoms with Crippen LogP contribution in [-0.2, 0) is 9.53 Å². The molecule has 156 valence electrons. The van der Waals surface area contributed by atoms with E-state index < -0.39 is 12.1 Å². The maximum Gasteiger partial charge on any atom is 0.490 e. The zero-order valence-electron chi connectivity index (χ0n) is 15.7. The number of aliphatic carboxylic acids is 1. The first-order chi connectivity index (χ1) is 13.6. The summed E-state index contributed by atoms with van der Waals surface area (Å²) in [5.41, 5.74) is 1.61. The van der Waals surface area contributed by atoms with Gasteiger partial charge in [-0.3, -0.25) is 9.78 Å². The summed E-state index contributed by atoms with van der Waals surface area (Å²) in [6.45, 7) is 3.71. The minimum atomic E-state index is -5.08. The third-order valence-corrected chi connectivity index (χ3v) is 5.07. The normalized spacial score (nSPS) is 23.9. The van der Waals surface area contributed by atoms with Crippen molar-refractivity contribution in [1.82, 2.24) is 9.88 Å². The molecule has 1 aromatic carbocycles. The molecule has 0 radical (unpaired) electrons. The molecule has 2 fully saturated rings. The fourth-order valence-corrected chi connectivity index (χ4v) is 3.75. The predicted octanol–water partition coefficient (Wildman–Crippen LogP) is 3.51. The van der Waals surface area contributed by atoms with Crippen LogP contribution in [0.25, 0.3) is 10.9 Å². The number of likely N-dealkylation sites (tertiary alicyclic amines) is 1. The highest BCUT2D eigenvalue weighted by Gasteiger charge is 2.39. The second-order valence-electron chi connectivity index (χ2n) is 7.24. The average molecular weight is 410 g/mol. The predicted molar refractivity (Wildman–Crippen MR) is 98.4 cm³/mol. The SMILES string of the molecule is C[C@H]1C[C@H]2CN(C(=O)c3cnc4ccccc4c3)CC[C@H]2O1.O=C(O)C(F)(F)F. The molecule has 2 aliphatic heterocycles. The third kappa shape index (κ3) is 5.03. The number of nitrogens with zero attached hydrogens (tertiary/aromatic N) is 2. The Hall–Kier alpha value is -2.68. The molecule has 0 unspecified atom stereocenters. The van der Waals surface area contributed by atoms with E-state index in [1.54, 1.807) is 6.20 Å². The first-order valence-electron chi connectivity index (χ1n) is 9.25. The monoisotopic (exact) mass is 410 g/mol. The van der Waals surface area contributed by atoms with Gasteiger partial charge in [0.2, 0.25) is 0 Å². The molecule has 9 heteroatoms. The number of para-hydroxylation sites is 1. The average Bonchev–Trinajstić information content (AvgIpc) is 3.06. The number of hydrogen-bond donors (Lipinski definition) is 1. The molecule has 3 heterocycles. The Kier molecular flexibility index (Phi) is 6.07. The van der Waals surface area contributed by atoms with Gasteiger partial charge in [-0.25, -0.2) is 4.79 Å². The standard InChI is InChI=1S/C18H20N2O2.C2HF3O2/c1-12-8-15-11-20(7-6-17(15)22-12)18(21)14-9-13-4-2-3-5-16(13)19-10-14;3-2(4,5)1(6)7/h2-5,9-10,12,15,17H,6-8,11H2,1H3;(H,6,7)/t12-,15-,17+;/m0./s1. The summed E-state index contributed by atoms with van der Waals surface area (Å²) in [5, 5.41) is 8.14. The van der Waals surface area contributed by atoms with E-state index in [1.165, 1.54) is 0 Å². The number of alkyl halides is 3. The van der Waals surface area contributed by atoms with Crippen molar-refractivity contribution in [2.75, 3.05) is 13.1 Å². The highest BCUT2D eigenvalue weighted by atomic mass is 19.4. The van der Waals surface area contributed by atoms with E-state index in [9.17, 15) is 18.0 Å². The van der Waals surface area contributed by atoms with Gasteiger partial charge in [0.15, 0.2) is 0 Å². The Morgan fingerprint density at radius 2 is 1.97 bits per heavy atom. The lowest BCUT2D eigenvalue weighted by Crippen LogP contribution is -2.44. The number of benzene rings is 1. The van der Waals surface area contributed by atoms with Crippen molar-refractivity contribution in [1.29, 1.82) is 0 Å². The van der Waals surface area contributed by atoms with Crippen LogP contribution in [0.2, 0.25) is 0 Å². The molecule has 1 aromatic heterocycles. The summed E-state index contributed by atoms with van der Waals surface area (Å²) in [5.74, 6) is -2.18. The second-order valence-corrected chi connectivity index (χ2v) is 7.24. The molecule has 1 amide bonds. The molecule has 0 bridgehead atoms. The number of piperidine rings is 1. The zero-order chi connectivity index (χ0) is 21.2. The molecular weight excluding hydrogens is 389 g/mol. The number of ether oxygens (including phenoxy) is 1. The van der Waals surface area contributed by atoms with Crippen LogP contribution in [0.15, 0.2) is 36.5 Å². The van der Waals surface area contributed by atoms with Crippen LogP contribution >= 0.6 is 0 Å². The number of carboxylic acids is 1. The van der Waals surface area contributed by atoms with Crippen LogP contribution in [-0.4, -0.2) is 58.3 Å². The van der Waals surface area contributed by atoms with Gasteiger partial charge < -0.3 is 14.7 Å². The van der Waals surface area contributed by atoms with E-state index in [1.807, 2.05) is 35.2 Å². The van der Waals surface area contributed by atoms with Crippen LogP contribution in [0.1, 0.15) is 30.1 Å². The number of amides is 1. The minimum absolute atomic E-state index is 0.0938. The lowest BCUT2D eigenvalue weighted by Gasteiger charge is -2.34. The maximum absolute atomic E-state index is 12.8. The number of aromatic nitrogens is 1.